The summed E-state index contributed by atoms with van der Waals surface area (Å²) in [5.74, 6) is 1.35. The monoisotopic (exact) mass is 473 g/mol. The summed E-state index contributed by atoms with van der Waals surface area (Å²) in [5.41, 5.74) is 2.50. The molecule has 0 amide bonds. The van der Waals surface area contributed by atoms with E-state index in [2.05, 4.69) is 56.8 Å². The summed E-state index contributed by atoms with van der Waals surface area (Å²) in [7, 11) is 0. The van der Waals surface area contributed by atoms with Crippen molar-refractivity contribution in [2.75, 3.05) is 13.3 Å². The number of aromatic hydroxyl groups is 1. The number of aliphatic hydroxyl groups excluding tert-OH is 1. The van der Waals surface area contributed by atoms with E-state index in [-0.39, 0.29) is 29.6 Å². The summed E-state index contributed by atoms with van der Waals surface area (Å²) in [6, 6.07) is 4.07. The second-order valence-electron chi connectivity index (χ2n) is 11.1. The third kappa shape index (κ3) is 5.95. The molecular formula is C28H43NO5. The summed E-state index contributed by atoms with van der Waals surface area (Å²) < 4.78 is 11.2. The smallest absolute Gasteiger partial charge is 0.294 e. The van der Waals surface area contributed by atoms with Gasteiger partial charge in [0.1, 0.15) is 23.8 Å². The zero-order valence-corrected chi connectivity index (χ0v) is 21.5. The third-order valence-corrected chi connectivity index (χ3v) is 7.79. The normalized spacial score (nSPS) is 22.1. The molecule has 1 aliphatic heterocycles. The Morgan fingerprint density at radius 1 is 1.29 bits per heavy atom. The Balaban J connectivity index is 1.83. The molecule has 0 fully saturated rings. The lowest BCUT2D eigenvalue weighted by Gasteiger charge is -2.47. The summed E-state index contributed by atoms with van der Waals surface area (Å²) >= 11 is 0. The molecule has 1 aromatic carbocycles. The molecule has 0 spiro atoms. The van der Waals surface area contributed by atoms with Crippen molar-refractivity contribution in [3.63, 3.8) is 0 Å². The van der Waals surface area contributed by atoms with Crippen molar-refractivity contribution in [3.05, 3.63) is 34.9 Å². The lowest BCUT2D eigenvalue weighted by Crippen LogP contribution is -2.46. The van der Waals surface area contributed by atoms with E-state index < -0.39 is 6.10 Å². The molecule has 0 saturated heterocycles. The summed E-state index contributed by atoms with van der Waals surface area (Å²) in [4.78, 5) is 10.3. The number of phenolic OH excluding ortho intramolecular Hbond substituents is 1. The molecular weight excluding hydrogens is 430 g/mol. The molecule has 6 heteroatoms. The Bertz CT molecular complexity index is 876. The van der Waals surface area contributed by atoms with Gasteiger partial charge in [-0.25, -0.2) is 0 Å². The van der Waals surface area contributed by atoms with Crippen LogP contribution in [0.4, 0.5) is 0 Å². The van der Waals surface area contributed by atoms with Crippen molar-refractivity contribution in [2.24, 2.45) is 5.92 Å². The van der Waals surface area contributed by atoms with Gasteiger partial charge < -0.3 is 19.7 Å². The third-order valence-electron chi connectivity index (χ3n) is 7.79. The molecule has 1 unspecified atom stereocenters. The second-order valence-corrected chi connectivity index (χ2v) is 11.1. The van der Waals surface area contributed by atoms with E-state index in [0.717, 1.165) is 35.3 Å². The number of fused-ring (bicyclic) bond motifs is 3. The van der Waals surface area contributed by atoms with Crippen LogP contribution in [-0.4, -0.2) is 41.7 Å². The van der Waals surface area contributed by atoms with E-state index in [0.29, 0.717) is 25.2 Å². The van der Waals surface area contributed by atoms with Gasteiger partial charge >= 0.3 is 0 Å². The van der Waals surface area contributed by atoms with Crippen molar-refractivity contribution in [3.8, 4) is 11.5 Å². The highest BCUT2D eigenvalue weighted by Gasteiger charge is 2.47. The maximum atomic E-state index is 11.2. The highest BCUT2D eigenvalue weighted by molar-refractivity contribution is 5.54. The number of hydrogen-bond donors (Lipinski definition) is 3. The molecule has 1 aromatic rings. The highest BCUT2D eigenvalue weighted by atomic mass is 16.5. The quantitative estimate of drug-likeness (QED) is 0.165. The Kier molecular flexibility index (Phi) is 8.69. The molecule has 3 rings (SSSR count). The lowest BCUT2D eigenvalue weighted by atomic mass is 9.66. The molecule has 0 radical (unpaired) electrons. The van der Waals surface area contributed by atoms with Crippen LogP contribution in [0.25, 0.3) is 0 Å². The molecule has 2 aliphatic rings. The van der Waals surface area contributed by atoms with Gasteiger partial charge in [-0.3, -0.25) is 10.1 Å². The van der Waals surface area contributed by atoms with Crippen LogP contribution >= 0.6 is 0 Å². The number of phenols is 1. The molecule has 0 bridgehead atoms. The van der Waals surface area contributed by atoms with Crippen LogP contribution in [0.5, 0.6) is 11.5 Å². The molecule has 190 valence electrons. The second kappa shape index (κ2) is 11.1. The SMILES string of the molecule is CCCCCCC(C)(C)c1cc(O)c2c(c1)OC(C)(C)[C@@H]1CC=C(C(O)CNCOC=O)C[C@@H]21. The van der Waals surface area contributed by atoms with E-state index in [1.807, 2.05) is 6.07 Å². The van der Waals surface area contributed by atoms with E-state index in [1.54, 1.807) is 0 Å². The Morgan fingerprint density at radius 2 is 2.06 bits per heavy atom. The minimum Gasteiger partial charge on any atom is -0.508 e. The zero-order chi connectivity index (χ0) is 24.9. The molecule has 34 heavy (non-hydrogen) atoms. The molecule has 0 aromatic heterocycles. The number of carbonyl (C=O) groups excluding carboxylic acids is 1. The minimum absolute atomic E-state index is 0.0479. The van der Waals surface area contributed by atoms with Crippen LogP contribution in [0, 0.1) is 5.92 Å². The van der Waals surface area contributed by atoms with Crippen LogP contribution in [0.2, 0.25) is 0 Å². The Hall–Kier alpha value is -2.05. The van der Waals surface area contributed by atoms with Gasteiger partial charge in [0, 0.05) is 23.9 Å². The average molecular weight is 474 g/mol. The fourth-order valence-corrected chi connectivity index (χ4v) is 5.64. The van der Waals surface area contributed by atoms with Gasteiger partial charge in [0.25, 0.3) is 6.47 Å². The van der Waals surface area contributed by atoms with E-state index >= 15 is 0 Å². The maximum absolute atomic E-state index is 11.2. The molecule has 1 heterocycles. The van der Waals surface area contributed by atoms with E-state index in [1.165, 1.54) is 25.7 Å². The van der Waals surface area contributed by atoms with Gasteiger partial charge in [0.2, 0.25) is 0 Å². The van der Waals surface area contributed by atoms with Crippen LogP contribution in [-0.2, 0) is 14.9 Å². The average Bonchev–Trinajstić information content (AvgIpc) is 2.78. The number of aliphatic hydroxyl groups is 1. The fraction of sp³-hybridized carbons (Fsp3) is 0.679. The number of allylic oxidation sites excluding steroid dienone is 1. The maximum Gasteiger partial charge on any atom is 0.294 e. The largest absolute Gasteiger partial charge is 0.508 e. The summed E-state index contributed by atoms with van der Waals surface area (Å²) in [6.07, 6.45) is 8.83. The van der Waals surface area contributed by atoms with E-state index in [9.17, 15) is 15.0 Å². The van der Waals surface area contributed by atoms with Gasteiger partial charge in [-0.15, -0.1) is 0 Å². The van der Waals surface area contributed by atoms with Crippen LogP contribution in [0.3, 0.4) is 0 Å². The van der Waals surface area contributed by atoms with E-state index in [4.69, 9.17) is 4.74 Å². The van der Waals surface area contributed by atoms with Gasteiger partial charge in [0.05, 0.1) is 6.10 Å². The number of hydrogen-bond acceptors (Lipinski definition) is 6. The number of rotatable bonds is 12. The first-order valence-electron chi connectivity index (χ1n) is 12.8. The standard InChI is InChI=1S/C28H43NO5/c1-6-7-8-9-12-27(2,3)20-14-23(31)26-21-13-19(24(32)16-29-17-33-18-30)10-11-22(21)28(4,5)34-25(26)15-20/h10,14-15,18,21-22,24,29,31-32H,6-9,11-13,16-17H2,1-5H3/t21-,22-,24?/m1/s1. The predicted molar refractivity (Wildman–Crippen MR) is 134 cm³/mol. The van der Waals surface area contributed by atoms with Gasteiger partial charge in [0.15, 0.2) is 0 Å². The molecule has 1 aliphatic carbocycles. The van der Waals surface area contributed by atoms with Gasteiger partial charge in [-0.1, -0.05) is 52.5 Å². The Morgan fingerprint density at radius 3 is 2.76 bits per heavy atom. The van der Waals surface area contributed by atoms with Crippen molar-refractivity contribution in [1.29, 1.82) is 0 Å². The zero-order valence-electron chi connectivity index (χ0n) is 21.5. The minimum atomic E-state index is -0.672. The lowest BCUT2D eigenvalue weighted by molar-refractivity contribution is -0.129. The predicted octanol–water partition coefficient (Wildman–Crippen LogP) is 5.31. The molecule has 3 atom stereocenters. The first kappa shape index (κ1) is 26.6. The topological polar surface area (TPSA) is 88.0 Å². The van der Waals surface area contributed by atoms with Gasteiger partial charge in [-0.2, -0.15) is 0 Å². The molecule has 3 N–H and O–H groups in total. The van der Waals surface area contributed by atoms with Crippen LogP contribution in [0.1, 0.15) is 96.6 Å². The first-order chi connectivity index (χ1) is 16.1. The van der Waals surface area contributed by atoms with Crippen molar-refractivity contribution in [2.45, 2.75) is 103 Å². The summed E-state index contributed by atoms with van der Waals surface area (Å²) in [6.45, 7) is 11.7. The molecule has 6 nitrogen and oxygen atoms in total. The number of nitrogens with one attached hydrogen (secondary N) is 1. The fourth-order valence-electron chi connectivity index (χ4n) is 5.64. The molecule has 0 saturated carbocycles. The number of unbranched alkanes of at least 4 members (excludes halogenated alkanes) is 3. The number of ether oxygens (including phenoxy) is 2. The van der Waals surface area contributed by atoms with Crippen LogP contribution in [0.15, 0.2) is 23.8 Å². The highest BCUT2D eigenvalue weighted by Crippen LogP contribution is 2.55. The number of benzene rings is 1. The van der Waals surface area contributed by atoms with Gasteiger partial charge in [-0.05, 0) is 61.8 Å². The number of carbonyl (C=O) groups is 1. The van der Waals surface area contributed by atoms with Crippen molar-refractivity contribution < 1.29 is 24.5 Å². The Labute approximate surface area is 204 Å². The van der Waals surface area contributed by atoms with Crippen molar-refractivity contribution in [1.82, 2.24) is 5.32 Å². The first-order valence-corrected chi connectivity index (χ1v) is 12.8. The summed E-state index contributed by atoms with van der Waals surface area (Å²) in [5, 5.41) is 24.9. The van der Waals surface area contributed by atoms with Crippen LogP contribution < -0.4 is 10.1 Å². The van der Waals surface area contributed by atoms with Crippen molar-refractivity contribution >= 4 is 6.47 Å².